The fraction of sp³-hybridized carbons (Fsp3) is 0.353. The Labute approximate surface area is 289 Å². The van der Waals surface area contributed by atoms with E-state index in [-0.39, 0.29) is 71.0 Å². The Morgan fingerprint density at radius 1 is 0.612 bits per heavy atom. The van der Waals surface area contributed by atoms with Crippen molar-refractivity contribution in [1.82, 2.24) is 19.9 Å². The normalized spacial score (nSPS) is 18.6. The molecule has 15 heteroatoms. The van der Waals surface area contributed by atoms with Gasteiger partial charge in [0.15, 0.2) is 11.6 Å². The van der Waals surface area contributed by atoms with E-state index in [9.17, 15) is 49.2 Å². The topological polar surface area (TPSA) is 237 Å². The molecule has 2 aliphatic heterocycles. The molecule has 0 aromatic carbocycles. The van der Waals surface area contributed by atoms with Crippen molar-refractivity contribution in [3.8, 4) is 0 Å². The average molecular weight is 712 g/mol. The molecule has 4 N–H and O–H groups in total. The first kappa shape index (κ1) is 36.7. The number of ketones is 2. The van der Waals surface area contributed by atoms with Crippen molar-refractivity contribution in [3.05, 3.63) is 69.3 Å². The predicted molar refractivity (Wildman–Crippen MR) is 168 cm³/mol. The van der Waals surface area contributed by atoms with Crippen LogP contribution in [-0.4, -0.2) is 65.8 Å². The summed E-state index contributed by atoms with van der Waals surface area (Å²) in [5.74, 6) is -5.99. The summed E-state index contributed by atoms with van der Waals surface area (Å²) in [7, 11) is 0. The number of carbonyl (C=O) groups is 6. The first-order chi connectivity index (χ1) is 22.4. The van der Waals surface area contributed by atoms with Gasteiger partial charge in [0.25, 0.3) is 0 Å². The van der Waals surface area contributed by atoms with Gasteiger partial charge in [0, 0.05) is 12.8 Å². The smallest absolute Gasteiger partial charge is 0.657 e. The fourth-order valence-electron chi connectivity index (χ4n) is 6.32. The maximum atomic E-state index is 13.9. The monoisotopic (exact) mass is 712 g/mol. The van der Waals surface area contributed by atoms with Gasteiger partial charge in [-0.05, 0) is 52.7 Å². The third kappa shape index (κ3) is 6.76. The molecule has 0 saturated heterocycles. The van der Waals surface area contributed by atoms with Crippen LogP contribution in [0.3, 0.4) is 0 Å². The van der Waals surface area contributed by atoms with Crippen LogP contribution in [0.4, 0.5) is 0 Å². The predicted octanol–water partition coefficient (Wildman–Crippen LogP) is 3.45. The van der Waals surface area contributed by atoms with E-state index in [1.165, 1.54) is 32.0 Å². The second kappa shape index (κ2) is 13.4. The number of aliphatic carboxylic acids is 4. The molecule has 2 atom stereocenters. The summed E-state index contributed by atoms with van der Waals surface area (Å²) in [4.78, 5) is 93.1. The molecule has 2 aliphatic rings. The van der Waals surface area contributed by atoms with E-state index in [0.717, 1.165) is 0 Å². The van der Waals surface area contributed by atoms with Crippen LogP contribution in [0.25, 0.3) is 22.1 Å². The Balaban J connectivity index is 0.00000541. The zero-order chi connectivity index (χ0) is 35.3. The van der Waals surface area contributed by atoms with E-state index in [1.807, 2.05) is 0 Å². The van der Waals surface area contributed by atoms with Crippen molar-refractivity contribution in [3.63, 3.8) is 0 Å². The molecule has 3 aromatic rings. The van der Waals surface area contributed by atoms with Gasteiger partial charge in [0.2, 0.25) is 0 Å². The van der Waals surface area contributed by atoms with Crippen molar-refractivity contribution >= 4 is 57.5 Å². The third-order valence-corrected chi connectivity index (χ3v) is 9.14. The van der Waals surface area contributed by atoms with Crippen molar-refractivity contribution < 1.29 is 66.3 Å². The van der Waals surface area contributed by atoms with Gasteiger partial charge in [0.05, 0.1) is 35.1 Å². The number of carbonyl (C=O) groups excluding carboxylic acids is 2. The first-order valence-electron chi connectivity index (χ1n) is 15.0. The van der Waals surface area contributed by atoms with Crippen LogP contribution < -0.4 is 9.97 Å². The standard InChI is InChI=1S/C34H34N4O10.Fe/c1-15-17(5-7-27(39)40)21-10-22-18(6-8-28(41)42)16(2)20(36-22)11-25-33(3,13-29(43)44)32(48)24(38-25)12-26-34(4,14-30(45)46)31(47)23(37-26)9-19(15)35-21;/h9-12H,5-8,13-14H2,1-4H3,(H6,35,36,37,38,39,40,41,42,43,44,45,46,47,48);/q;+2/p-2. The molecule has 0 saturated carbocycles. The summed E-state index contributed by atoms with van der Waals surface area (Å²) in [6, 6.07) is 5.66. The van der Waals surface area contributed by atoms with E-state index in [0.29, 0.717) is 38.8 Å². The second-order valence-electron chi connectivity index (χ2n) is 12.6. The van der Waals surface area contributed by atoms with Crippen LogP contribution in [0, 0.1) is 13.8 Å². The number of carboxylic acids is 4. The third-order valence-electron chi connectivity index (χ3n) is 9.14. The van der Waals surface area contributed by atoms with E-state index in [4.69, 9.17) is 9.97 Å². The Hall–Kier alpha value is -5.14. The summed E-state index contributed by atoms with van der Waals surface area (Å²) in [6.07, 6.45) is -1.62. The zero-order valence-corrected chi connectivity index (χ0v) is 28.0. The molecule has 5 heterocycles. The van der Waals surface area contributed by atoms with E-state index < -0.39 is 59.1 Å². The number of Topliss-reactive ketones (excluding diaryl/α,β-unsaturated/α-hetero) is 2. The molecule has 0 radical (unpaired) electrons. The van der Waals surface area contributed by atoms with Gasteiger partial charge >= 0.3 is 40.9 Å². The summed E-state index contributed by atoms with van der Waals surface area (Å²) >= 11 is 0. The number of aryl methyl sites for hydroxylation is 4. The second-order valence-corrected chi connectivity index (χ2v) is 12.6. The number of carboxylic acid groups (broad SMARTS) is 4. The van der Waals surface area contributed by atoms with Gasteiger partial charge in [-0.25, -0.2) is 9.97 Å². The van der Waals surface area contributed by atoms with Gasteiger partial charge in [-0.15, -0.1) is 22.1 Å². The number of nitrogens with zero attached hydrogens (tertiary/aromatic N) is 4. The zero-order valence-electron chi connectivity index (χ0n) is 26.9. The molecule has 5 rings (SSSR count). The minimum atomic E-state index is -1.71. The largest absolute Gasteiger partial charge is 2.00 e. The quantitative estimate of drug-likeness (QED) is 0.220. The molecule has 256 valence electrons. The summed E-state index contributed by atoms with van der Waals surface area (Å²) in [5.41, 5.74) is -0.243. The van der Waals surface area contributed by atoms with E-state index in [1.54, 1.807) is 19.9 Å². The van der Waals surface area contributed by atoms with Gasteiger partial charge in [-0.2, -0.15) is 0 Å². The first-order valence-corrected chi connectivity index (χ1v) is 15.0. The average Bonchev–Trinajstić information content (AvgIpc) is 3.58. The number of fused-ring (bicyclic) bond motifs is 8. The van der Waals surface area contributed by atoms with Crippen molar-refractivity contribution in [2.45, 2.75) is 77.0 Å². The van der Waals surface area contributed by atoms with Gasteiger partial charge in [0.1, 0.15) is 11.4 Å². The SMILES string of the molecule is Cc1c(CCC(=O)O)c2cc3[n-]c(cc4nc(cc5nc(cc1[n-]2)C(=O)C5(C)CC(=O)O)C(=O)C4(C)CC(=O)O)c(C)c3CCC(=O)O.[Fe+2]. The molecular formula is C34H32FeN4O10. The van der Waals surface area contributed by atoms with Crippen molar-refractivity contribution in [2.24, 2.45) is 0 Å². The Kier molecular flexibility index (Phi) is 10.0. The van der Waals surface area contributed by atoms with Gasteiger partial charge in [-0.3, -0.25) is 28.8 Å². The van der Waals surface area contributed by atoms with Crippen LogP contribution in [0.2, 0.25) is 0 Å². The number of rotatable bonds is 10. The minimum absolute atomic E-state index is 0. The molecule has 0 fully saturated rings. The van der Waals surface area contributed by atoms with Crippen LogP contribution in [0.15, 0.2) is 24.3 Å². The Bertz CT molecular complexity index is 2120. The minimum Gasteiger partial charge on any atom is -0.657 e. The maximum absolute atomic E-state index is 13.9. The van der Waals surface area contributed by atoms with Crippen molar-refractivity contribution in [2.75, 3.05) is 0 Å². The fourth-order valence-corrected chi connectivity index (χ4v) is 6.32. The van der Waals surface area contributed by atoms with Crippen LogP contribution in [-0.2, 0) is 59.9 Å². The molecule has 49 heavy (non-hydrogen) atoms. The molecule has 8 bridgehead atoms. The number of hydrogen-bond acceptors (Lipinski definition) is 8. The van der Waals surface area contributed by atoms with E-state index >= 15 is 0 Å². The van der Waals surface area contributed by atoms with Gasteiger partial charge < -0.3 is 30.4 Å². The number of aromatic nitrogens is 4. The van der Waals surface area contributed by atoms with Gasteiger partial charge in [-0.1, -0.05) is 34.4 Å². The number of hydrogen-bond donors (Lipinski definition) is 4. The maximum Gasteiger partial charge on any atom is 2.00 e. The summed E-state index contributed by atoms with van der Waals surface area (Å²) in [5, 5.41) is 38.4. The molecule has 2 unspecified atom stereocenters. The molecule has 14 nitrogen and oxygen atoms in total. The molecule has 0 amide bonds. The Morgan fingerprint density at radius 2 is 1.00 bits per heavy atom. The molecular weight excluding hydrogens is 680 g/mol. The molecule has 0 aliphatic carbocycles. The van der Waals surface area contributed by atoms with Crippen LogP contribution in [0.5, 0.6) is 0 Å². The summed E-state index contributed by atoms with van der Waals surface area (Å²) in [6.45, 7) is 6.22. The Morgan fingerprint density at radius 3 is 1.41 bits per heavy atom. The van der Waals surface area contributed by atoms with Crippen LogP contribution in [0.1, 0.15) is 94.1 Å². The molecule has 0 spiro atoms. The molecule has 3 aromatic heterocycles. The van der Waals surface area contributed by atoms with E-state index in [2.05, 4.69) is 9.97 Å². The van der Waals surface area contributed by atoms with Crippen molar-refractivity contribution in [1.29, 1.82) is 0 Å². The van der Waals surface area contributed by atoms with Crippen LogP contribution >= 0.6 is 0 Å². The summed E-state index contributed by atoms with van der Waals surface area (Å²) < 4.78 is 0.